The van der Waals surface area contributed by atoms with E-state index in [1.165, 1.54) is 23.8 Å². The van der Waals surface area contributed by atoms with Gasteiger partial charge in [0.25, 0.3) is 0 Å². The van der Waals surface area contributed by atoms with E-state index in [4.69, 9.17) is 4.42 Å². The van der Waals surface area contributed by atoms with E-state index in [-0.39, 0.29) is 27.9 Å². The Morgan fingerprint density at radius 3 is 2.39 bits per heavy atom. The van der Waals surface area contributed by atoms with Gasteiger partial charge in [-0.1, -0.05) is 42.5 Å². The minimum atomic E-state index is -0.303. The quantitative estimate of drug-likeness (QED) is 0.627. The van der Waals surface area contributed by atoms with Gasteiger partial charge < -0.3 is 19.5 Å². The van der Waals surface area contributed by atoms with Gasteiger partial charge in [-0.3, -0.25) is 9.69 Å². The Hall–Kier alpha value is -2.83. The van der Waals surface area contributed by atoms with Crippen LogP contribution in [0.5, 0.6) is 11.5 Å². The van der Waals surface area contributed by atoms with Gasteiger partial charge in [0.2, 0.25) is 0 Å². The van der Waals surface area contributed by atoms with Crippen molar-refractivity contribution in [1.29, 1.82) is 0 Å². The van der Waals surface area contributed by atoms with Crippen molar-refractivity contribution in [2.24, 2.45) is 0 Å². The first-order valence-electron chi connectivity index (χ1n) is 12.2. The molecular formula is C27H32N2O4. The number of rotatable bonds is 5. The number of quaternary nitrogens is 1. The number of likely N-dealkylation sites (tertiary alicyclic amines) is 2. The zero-order chi connectivity index (χ0) is 22.8. The maximum atomic E-state index is 13.7. The molecule has 0 spiro atoms. The Labute approximate surface area is 194 Å². The smallest absolute Gasteiger partial charge is 0.197 e. The number of phenols is 1. The molecule has 6 nitrogen and oxygen atoms in total. The molecule has 0 bridgehead atoms. The Balaban J connectivity index is 1.67. The summed E-state index contributed by atoms with van der Waals surface area (Å²) >= 11 is 0. The average Bonchev–Trinajstić information content (AvgIpc) is 2.86. The van der Waals surface area contributed by atoms with Gasteiger partial charge >= 0.3 is 0 Å². The molecule has 2 fully saturated rings. The van der Waals surface area contributed by atoms with Crippen molar-refractivity contribution in [3.05, 3.63) is 57.7 Å². The SMILES string of the molecule is O=c1cc(-c2ccccc2)oc2c(C[NH+]3CCCCC3)c([O-])c(CN3CCCCC3)c(O)c12. The second-order valence-corrected chi connectivity index (χ2v) is 9.50. The number of hydrogen-bond acceptors (Lipinski definition) is 5. The van der Waals surface area contributed by atoms with Gasteiger partial charge in [0.15, 0.2) is 11.0 Å². The van der Waals surface area contributed by atoms with Crippen molar-refractivity contribution < 1.29 is 19.5 Å². The van der Waals surface area contributed by atoms with Crippen LogP contribution in [0.1, 0.15) is 49.7 Å². The lowest BCUT2D eigenvalue weighted by Crippen LogP contribution is -3.11. The third kappa shape index (κ3) is 4.50. The van der Waals surface area contributed by atoms with Crippen molar-refractivity contribution in [1.82, 2.24) is 4.90 Å². The van der Waals surface area contributed by atoms with E-state index >= 15 is 0 Å². The molecule has 0 aliphatic carbocycles. The lowest BCUT2D eigenvalue weighted by molar-refractivity contribution is -0.918. The number of hydrogen-bond donors (Lipinski definition) is 2. The molecule has 0 atom stereocenters. The fourth-order valence-electron chi connectivity index (χ4n) is 5.35. The van der Waals surface area contributed by atoms with E-state index in [0.717, 1.165) is 57.4 Å². The number of phenolic OH excluding ortho intramolecular Hbond substituents is 1. The van der Waals surface area contributed by atoms with Crippen LogP contribution in [0, 0.1) is 0 Å². The third-order valence-electron chi connectivity index (χ3n) is 7.17. The van der Waals surface area contributed by atoms with Gasteiger partial charge in [0, 0.05) is 29.3 Å². The van der Waals surface area contributed by atoms with E-state index in [1.54, 1.807) is 0 Å². The zero-order valence-corrected chi connectivity index (χ0v) is 19.1. The summed E-state index contributed by atoms with van der Waals surface area (Å²) in [5, 5.41) is 25.0. The third-order valence-corrected chi connectivity index (χ3v) is 7.17. The van der Waals surface area contributed by atoms with Crippen LogP contribution in [-0.2, 0) is 13.1 Å². The van der Waals surface area contributed by atoms with Crippen LogP contribution in [-0.4, -0.2) is 36.2 Å². The largest absolute Gasteiger partial charge is 0.872 e. The minimum Gasteiger partial charge on any atom is -0.872 e. The van der Waals surface area contributed by atoms with Crippen molar-refractivity contribution in [3.8, 4) is 22.8 Å². The highest BCUT2D eigenvalue weighted by atomic mass is 16.3. The molecule has 2 aromatic carbocycles. The normalized spacial score (nSPS) is 18.1. The first-order chi connectivity index (χ1) is 16.1. The molecular weight excluding hydrogens is 416 g/mol. The number of nitrogens with zero attached hydrogens (tertiary/aromatic N) is 1. The van der Waals surface area contributed by atoms with Crippen LogP contribution in [0.4, 0.5) is 0 Å². The Morgan fingerprint density at radius 2 is 1.67 bits per heavy atom. The number of aromatic hydroxyl groups is 1. The topological polar surface area (TPSA) is 81.2 Å². The lowest BCUT2D eigenvalue weighted by atomic mass is 9.99. The summed E-state index contributed by atoms with van der Waals surface area (Å²) in [5.74, 6) is 0.0499. The van der Waals surface area contributed by atoms with Crippen molar-refractivity contribution >= 4 is 11.0 Å². The minimum absolute atomic E-state index is 0.146. The zero-order valence-electron chi connectivity index (χ0n) is 19.1. The molecule has 3 heterocycles. The highest BCUT2D eigenvalue weighted by molar-refractivity contribution is 5.90. The van der Waals surface area contributed by atoms with Gasteiger partial charge in [0.1, 0.15) is 23.4 Å². The van der Waals surface area contributed by atoms with Crippen LogP contribution in [0.2, 0.25) is 0 Å². The predicted octanol–water partition coefficient (Wildman–Crippen LogP) is 2.79. The van der Waals surface area contributed by atoms with Gasteiger partial charge in [0.05, 0.1) is 13.1 Å². The van der Waals surface area contributed by atoms with E-state index < -0.39 is 0 Å². The Kier molecular flexibility index (Phi) is 6.38. The first kappa shape index (κ1) is 22.0. The van der Waals surface area contributed by atoms with E-state index in [2.05, 4.69) is 4.90 Å². The van der Waals surface area contributed by atoms with Gasteiger partial charge in [-0.05, 0) is 45.2 Å². The molecule has 2 saturated heterocycles. The predicted molar refractivity (Wildman–Crippen MR) is 126 cm³/mol. The molecule has 33 heavy (non-hydrogen) atoms. The average molecular weight is 449 g/mol. The van der Waals surface area contributed by atoms with E-state index in [0.29, 0.717) is 30.0 Å². The maximum absolute atomic E-state index is 13.7. The summed E-state index contributed by atoms with van der Waals surface area (Å²) in [6, 6.07) is 10.9. The molecule has 0 saturated carbocycles. The molecule has 0 unspecified atom stereocenters. The number of nitrogens with one attached hydrogen (secondary N) is 1. The Morgan fingerprint density at radius 1 is 0.970 bits per heavy atom. The molecule has 174 valence electrons. The van der Waals surface area contributed by atoms with Crippen LogP contribution in [0.3, 0.4) is 0 Å². The second kappa shape index (κ2) is 9.57. The molecule has 2 aliphatic heterocycles. The van der Waals surface area contributed by atoms with Crippen LogP contribution >= 0.6 is 0 Å². The van der Waals surface area contributed by atoms with Crippen molar-refractivity contribution in [2.75, 3.05) is 26.2 Å². The summed E-state index contributed by atoms with van der Waals surface area (Å²) in [7, 11) is 0. The molecule has 0 radical (unpaired) electrons. The monoisotopic (exact) mass is 448 g/mol. The van der Waals surface area contributed by atoms with Crippen LogP contribution < -0.4 is 15.4 Å². The van der Waals surface area contributed by atoms with Gasteiger partial charge in [-0.2, -0.15) is 0 Å². The molecule has 1 aromatic heterocycles. The molecule has 2 N–H and O–H groups in total. The highest BCUT2D eigenvalue weighted by Gasteiger charge is 2.25. The summed E-state index contributed by atoms with van der Waals surface area (Å²) in [6.45, 7) is 4.72. The first-order valence-corrected chi connectivity index (χ1v) is 12.2. The number of benzene rings is 2. The standard InChI is InChI=1S/C27H32N2O4/c30-22-16-23(19-10-4-1-5-11-19)33-27-21(18-29-14-8-3-9-15-29)25(31)20(26(32)24(22)27)17-28-12-6-2-7-13-28/h1,4-5,10-11,16,31-32H,2-3,6-9,12-15,17-18H2. The summed E-state index contributed by atoms with van der Waals surface area (Å²) < 4.78 is 6.22. The van der Waals surface area contributed by atoms with Gasteiger partial charge in [-0.15, -0.1) is 0 Å². The molecule has 3 aromatic rings. The fraction of sp³-hybridized carbons (Fsp3) is 0.444. The number of piperidine rings is 2. The summed E-state index contributed by atoms with van der Waals surface area (Å²) in [4.78, 5) is 16.8. The van der Waals surface area contributed by atoms with Crippen molar-refractivity contribution in [3.63, 3.8) is 0 Å². The summed E-state index contributed by atoms with van der Waals surface area (Å²) in [6.07, 6.45) is 6.88. The molecule has 5 rings (SSSR count). The van der Waals surface area contributed by atoms with E-state index in [9.17, 15) is 15.0 Å². The molecule has 6 heteroatoms. The van der Waals surface area contributed by atoms with Crippen LogP contribution in [0.15, 0.2) is 45.6 Å². The van der Waals surface area contributed by atoms with Crippen LogP contribution in [0.25, 0.3) is 22.3 Å². The summed E-state index contributed by atoms with van der Waals surface area (Å²) in [5.41, 5.74) is 1.60. The second-order valence-electron chi connectivity index (χ2n) is 9.50. The number of fused-ring (bicyclic) bond motifs is 1. The maximum Gasteiger partial charge on any atom is 0.197 e. The van der Waals surface area contributed by atoms with Crippen molar-refractivity contribution in [2.45, 2.75) is 51.6 Å². The van der Waals surface area contributed by atoms with E-state index in [1.807, 2.05) is 30.3 Å². The molecule has 0 amide bonds. The lowest BCUT2D eigenvalue weighted by Gasteiger charge is -2.31. The fourth-order valence-corrected chi connectivity index (χ4v) is 5.35. The van der Waals surface area contributed by atoms with Gasteiger partial charge in [-0.25, -0.2) is 0 Å². The molecule has 2 aliphatic rings. The highest BCUT2D eigenvalue weighted by Crippen LogP contribution is 2.39. The Bertz CT molecular complexity index is 1180.